The van der Waals surface area contributed by atoms with E-state index in [0.717, 1.165) is 37.4 Å². The second-order valence-electron chi connectivity index (χ2n) is 5.93. The molecule has 0 atom stereocenters. The van der Waals surface area contributed by atoms with Crippen LogP contribution in [0.5, 0.6) is 0 Å². The lowest BCUT2D eigenvalue weighted by Gasteiger charge is -2.36. The summed E-state index contributed by atoms with van der Waals surface area (Å²) in [7, 11) is 0. The molecule has 6 heteroatoms. The van der Waals surface area contributed by atoms with E-state index in [9.17, 15) is 4.79 Å². The van der Waals surface area contributed by atoms with Crippen molar-refractivity contribution >= 4 is 17.2 Å². The smallest absolute Gasteiger partial charge is 0.273 e. The summed E-state index contributed by atoms with van der Waals surface area (Å²) in [4.78, 5) is 21.4. The fourth-order valence-electron chi connectivity index (χ4n) is 3.35. The number of amides is 1. The molecule has 1 aromatic heterocycles. The number of nitrogens with zero attached hydrogens (tertiary/aromatic N) is 3. The Labute approximate surface area is 130 Å². The third-order valence-electron chi connectivity index (χ3n) is 4.54. The molecule has 2 aliphatic rings. The van der Waals surface area contributed by atoms with Crippen LogP contribution in [0.1, 0.15) is 41.2 Å². The van der Waals surface area contributed by atoms with Crippen LogP contribution in [0.2, 0.25) is 0 Å². The highest BCUT2D eigenvalue weighted by Gasteiger charge is 2.29. The Balaban J connectivity index is 1.54. The maximum atomic E-state index is 12.5. The highest BCUT2D eigenvalue weighted by molar-refractivity contribution is 7.09. The molecule has 116 valence electrons. The molecular weight excluding hydrogens is 284 g/mol. The Hall–Kier alpha value is -0.980. The van der Waals surface area contributed by atoms with Crippen molar-refractivity contribution in [2.24, 2.45) is 5.73 Å². The van der Waals surface area contributed by atoms with Crippen molar-refractivity contribution in [3.8, 4) is 0 Å². The van der Waals surface area contributed by atoms with Gasteiger partial charge in [0.1, 0.15) is 5.69 Å². The van der Waals surface area contributed by atoms with Crippen molar-refractivity contribution in [1.29, 1.82) is 0 Å². The van der Waals surface area contributed by atoms with Crippen LogP contribution in [0.15, 0.2) is 5.38 Å². The Bertz CT molecular complexity index is 476. The van der Waals surface area contributed by atoms with Gasteiger partial charge in [-0.25, -0.2) is 4.98 Å². The maximum Gasteiger partial charge on any atom is 0.273 e. The zero-order chi connectivity index (χ0) is 14.7. The normalized spacial score (nSPS) is 21.1. The lowest BCUT2D eigenvalue weighted by Crippen LogP contribution is -2.46. The quantitative estimate of drug-likeness (QED) is 0.912. The van der Waals surface area contributed by atoms with Crippen LogP contribution in [0.25, 0.3) is 0 Å². The first-order valence-corrected chi connectivity index (χ1v) is 8.83. The van der Waals surface area contributed by atoms with Gasteiger partial charge in [0.2, 0.25) is 0 Å². The number of carbonyl (C=O) groups is 1. The molecule has 21 heavy (non-hydrogen) atoms. The molecule has 0 saturated carbocycles. The topological polar surface area (TPSA) is 62.5 Å². The second kappa shape index (κ2) is 6.85. The fraction of sp³-hybridized carbons (Fsp3) is 0.733. The number of rotatable bonds is 4. The summed E-state index contributed by atoms with van der Waals surface area (Å²) in [6.07, 6.45) is 5.63. The van der Waals surface area contributed by atoms with Crippen molar-refractivity contribution in [1.82, 2.24) is 14.8 Å². The van der Waals surface area contributed by atoms with Crippen molar-refractivity contribution in [2.75, 3.05) is 32.7 Å². The van der Waals surface area contributed by atoms with Gasteiger partial charge in [0.25, 0.3) is 5.91 Å². The van der Waals surface area contributed by atoms with E-state index >= 15 is 0 Å². The molecule has 0 aliphatic carbocycles. The second-order valence-corrected chi connectivity index (χ2v) is 6.87. The molecule has 1 aromatic rings. The summed E-state index contributed by atoms with van der Waals surface area (Å²) in [6, 6.07) is 0.680. The summed E-state index contributed by atoms with van der Waals surface area (Å²) in [5.74, 6) is 0.0920. The first-order valence-electron chi connectivity index (χ1n) is 7.95. The standard InChI is InChI=1S/C15H24N4OS/c16-6-3-14-17-13(11-21-14)15(20)19-9-4-12(5-10-19)18-7-1-2-8-18/h11-12H,1-10,16H2. The molecule has 5 nitrogen and oxygen atoms in total. The largest absolute Gasteiger partial charge is 0.337 e. The number of nitrogens with two attached hydrogens (primary N) is 1. The molecule has 2 N–H and O–H groups in total. The summed E-state index contributed by atoms with van der Waals surface area (Å²) >= 11 is 1.54. The van der Waals surface area contributed by atoms with E-state index in [0.29, 0.717) is 18.3 Å². The summed E-state index contributed by atoms with van der Waals surface area (Å²) in [6.45, 7) is 4.80. The van der Waals surface area contributed by atoms with Gasteiger partial charge in [-0.2, -0.15) is 0 Å². The average Bonchev–Trinajstić information content (AvgIpc) is 3.19. The zero-order valence-electron chi connectivity index (χ0n) is 12.5. The van der Waals surface area contributed by atoms with Gasteiger partial charge in [-0.3, -0.25) is 4.79 Å². The molecule has 2 aliphatic heterocycles. The summed E-state index contributed by atoms with van der Waals surface area (Å²) in [5.41, 5.74) is 6.13. The van der Waals surface area contributed by atoms with E-state index in [2.05, 4.69) is 9.88 Å². The van der Waals surface area contributed by atoms with E-state index in [4.69, 9.17) is 5.73 Å². The SMILES string of the molecule is NCCc1nc(C(=O)N2CCC(N3CCCC3)CC2)cs1. The van der Waals surface area contributed by atoms with Gasteiger partial charge in [0.05, 0.1) is 5.01 Å². The van der Waals surface area contributed by atoms with Crippen LogP contribution in [-0.2, 0) is 6.42 Å². The van der Waals surface area contributed by atoms with Crippen molar-refractivity contribution in [2.45, 2.75) is 38.1 Å². The third kappa shape index (κ3) is 3.44. The average molecular weight is 308 g/mol. The van der Waals surface area contributed by atoms with Crippen LogP contribution in [0.3, 0.4) is 0 Å². The van der Waals surface area contributed by atoms with Gasteiger partial charge in [-0.15, -0.1) is 11.3 Å². The van der Waals surface area contributed by atoms with Crippen molar-refractivity contribution in [3.63, 3.8) is 0 Å². The fourth-order valence-corrected chi connectivity index (χ4v) is 4.14. The highest BCUT2D eigenvalue weighted by atomic mass is 32.1. The van der Waals surface area contributed by atoms with E-state index in [1.54, 1.807) is 11.3 Å². The summed E-state index contributed by atoms with van der Waals surface area (Å²) < 4.78 is 0. The minimum atomic E-state index is 0.0920. The number of piperidine rings is 1. The summed E-state index contributed by atoms with van der Waals surface area (Å²) in [5, 5.41) is 2.84. The highest BCUT2D eigenvalue weighted by Crippen LogP contribution is 2.22. The molecule has 3 rings (SSSR count). The molecular formula is C15H24N4OS. The molecule has 1 amide bonds. The Morgan fingerprint density at radius 2 is 2.00 bits per heavy atom. The first-order chi connectivity index (χ1) is 10.3. The van der Waals surface area contributed by atoms with Crippen LogP contribution >= 0.6 is 11.3 Å². The predicted molar refractivity (Wildman–Crippen MR) is 84.6 cm³/mol. The molecule has 0 aromatic carbocycles. The Kier molecular flexibility index (Phi) is 4.87. The van der Waals surface area contributed by atoms with E-state index in [1.165, 1.54) is 25.9 Å². The monoisotopic (exact) mass is 308 g/mol. The van der Waals surface area contributed by atoms with Gasteiger partial charge in [-0.1, -0.05) is 0 Å². The molecule has 0 spiro atoms. The van der Waals surface area contributed by atoms with Crippen molar-refractivity contribution < 1.29 is 4.79 Å². The first kappa shape index (κ1) is 14.9. The Morgan fingerprint density at radius 3 is 2.67 bits per heavy atom. The van der Waals surface area contributed by atoms with Gasteiger partial charge in [-0.05, 0) is 45.3 Å². The number of likely N-dealkylation sites (tertiary alicyclic amines) is 2. The molecule has 2 saturated heterocycles. The van der Waals surface area contributed by atoms with Gasteiger partial charge < -0.3 is 15.5 Å². The third-order valence-corrected chi connectivity index (χ3v) is 5.45. The lowest BCUT2D eigenvalue weighted by atomic mass is 10.0. The molecule has 0 bridgehead atoms. The van der Waals surface area contributed by atoms with Crippen LogP contribution in [0, 0.1) is 0 Å². The van der Waals surface area contributed by atoms with Crippen LogP contribution < -0.4 is 5.73 Å². The molecule has 0 unspecified atom stereocenters. The van der Waals surface area contributed by atoms with Gasteiger partial charge >= 0.3 is 0 Å². The number of aromatic nitrogens is 1. The van der Waals surface area contributed by atoms with Crippen molar-refractivity contribution in [3.05, 3.63) is 16.1 Å². The zero-order valence-corrected chi connectivity index (χ0v) is 13.3. The minimum Gasteiger partial charge on any atom is -0.337 e. The molecule has 3 heterocycles. The van der Waals surface area contributed by atoms with Crippen LogP contribution in [0.4, 0.5) is 0 Å². The molecule has 2 fully saturated rings. The van der Waals surface area contributed by atoms with Crippen LogP contribution in [-0.4, -0.2) is 59.5 Å². The number of carbonyl (C=O) groups excluding carboxylic acids is 1. The van der Waals surface area contributed by atoms with E-state index in [-0.39, 0.29) is 5.91 Å². The number of thiazole rings is 1. The number of hydrogen-bond acceptors (Lipinski definition) is 5. The van der Waals surface area contributed by atoms with Gasteiger partial charge in [0.15, 0.2) is 0 Å². The van der Waals surface area contributed by atoms with E-state index < -0.39 is 0 Å². The predicted octanol–water partition coefficient (Wildman–Crippen LogP) is 1.34. The number of hydrogen-bond donors (Lipinski definition) is 1. The Morgan fingerprint density at radius 1 is 1.29 bits per heavy atom. The molecule has 0 radical (unpaired) electrons. The van der Waals surface area contributed by atoms with Gasteiger partial charge in [0, 0.05) is 30.9 Å². The maximum absolute atomic E-state index is 12.5. The minimum absolute atomic E-state index is 0.0920. The van der Waals surface area contributed by atoms with E-state index in [1.807, 2.05) is 10.3 Å². The lowest BCUT2D eigenvalue weighted by molar-refractivity contribution is 0.0639.